The molecule has 96 valence electrons. The lowest BCUT2D eigenvalue weighted by atomic mass is 10.2. The van der Waals surface area contributed by atoms with Crippen LogP contribution in [-0.2, 0) is 25.8 Å². The van der Waals surface area contributed by atoms with Gasteiger partial charge >= 0.3 is 0 Å². The van der Waals surface area contributed by atoms with Gasteiger partial charge in [-0.1, -0.05) is 30.3 Å². The van der Waals surface area contributed by atoms with Gasteiger partial charge in [-0.25, -0.2) is 4.84 Å². The Balaban J connectivity index is 1.80. The second-order valence-corrected chi connectivity index (χ2v) is 3.79. The predicted octanol–water partition coefficient (Wildman–Crippen LogP) is 0.560. The first-order valence-electron chi connectivity index (χ1n) is 5.53. The van der Waals surface area contributed by atoms with Crippen molar-refractivity contribution in [3.8, 4) is 0 Å². The smallest absolute Gasteiger partial charge is 0.292 e. The molecule has 0 aliphatic carbocycles. The highest BCUT2D eigenvalue weighted by Crippen LogP contribution is 2.14. The number of hydroxylamine groups is 2. The molecule has 1 aliphatic rings. The lowest BCUT2D eigenvalue weighted by Crippen LogP contribution is -2.35. The van der Waals surface area contributed by atoms with E-state index < -0.39 is 18.3 Å². The monoisotopic (exact) mass is 251 g/mol. The molecule has 1 fully saturated rings. The van der Waals surface area contributed by atoms with Crippen LogP contribution in [-0.4, -0.2) is 28.5 Å². The van der Waals surface area contributed by atoms with Crippen molar-refractivity contribution in [2.75, 3.05) is 0 Å². The summed E-state index contributed by atoms with van der Waals surface area (Å²) in [5.74, 6) is -0.940. The quantitative estimate of drug-likeness (QED) is 0.611. The fraction of sp³-hybridized carbons (Fsp3) is 0.333. The topological polar surface area (TPSA) is 76.1 Å². The van der Waals surface area contributed by atoms with E-state index in [4.69, 9.17) is 9.57 Å². The normalized spacial score (nSPS) is 17.3. The Morgan fingerprint density at radius 3 is 2.39 bits per heavy atom. The first-order chi connectivity index (χ1) is 8.66. The van der Waals surface area contributed by atoms with Gasteiger partial charge in [-0.15, -0.1) is 5.06 Å². The Morgan fingerprint density at radius 2 is 1.78 bits per heavy atom. The van der Waals surface area contributed by atoms with E-state index in [1.807, 2.05) is 30.3 Å². The lowest BCUT2D eigenvalue weighted by Gasteiger charge is -2.18. The minimum Gasteiger partial charge on any atom is -0.344 e. The van der Waals surface area contributed by atoms with Crippen LogP contribution < -0.4 is 0 Å². The van der Waals surface area contributed by atoms with E-state index in [0.717, 1.165) is 5.56 Å². The number of ether oxygens (including phenoxy) is 1. The zero-order valence-corrected chi connectivity index (χ0v) is 9.61. The molecule has 0 saturated carbocycles. The Kier molecular flexibility index (Phi) is 4.03. The number of nitrogens with zero attached hydrogens (tertiary/aromatic N) is 1. The summed E-state index contributed by atoms with van der Waals surface area (Å²) in [7, 11) is 0. The van der Waals surface area contributed by atoms with Crippen molar-refractivity contribution in [2.24, 2.45) is 0 Å². The lowest BCUT2D eigenvalue weighted by molar-refractivity contribution is -0.338. The minimum atomic E-state index is -1.64. The van der Waals surface area contributed by atoms with Gasteiger partial charge in [0.05, 0.1) is 6.61 Å². The van der Waals surface area contributed by atoms with E-state index in [2.05, 4.69) is 0 Å². The third-order valence-corrected chi connectivity index (χ3v) is 2.44. The zero-order chi connectivity index (χ0) is 13.0. The molecule has 1 heterocycles. The number of aliphatic hydroxyl groups excluding tert-OH is 1. The van der Waals surface area contributed by atoms with Gasteiger partial charge in [0, 0.05) is 12.8 Å². The number of hydrogen-bond acceptors (Lipinski definition) is 5. The van der Waals surface area contributed by atoms with Crippen molar-refractivity contribution in [1.82, 2.24) is 5.06 Å². The van der Waals surface area contributed by atoms with E-state index in [0.29, 0.717) is 5.06 Å². The maximum atomic E-state index is 11.2. The summed E-state index contributed by atoms with van der Waals surface area (Å²) in [5, 5.41) is 9.97. The molecule has 1 N–H and O–H groups in total. The molecule has 0 radical (unpaired) electrons. The highest BCUT2D eigenvalue weighted by Gasteiger charge is 2.32. The molecule has 0 spiro atoms. The van der Waals surface area contributed by atoms with Gasteiger partial charge in [-0.3, -0.25) is 9.59 Å². The van der Waals surface area contributed by atoms with Crippen molar-refractivity contribution >= 4 is 11.8 Å². The molecule has 1 aromatic rings. The van der Waals surface area contributed by atoms with Crippen LogP contribution in [0.2, 0.25) is 0 Å². The number of rotatable bonds is 5. The first kappa shape index (κ1) is 12.7. The van der Waals surface area contributed by atoms with Crippen LogP contribution in [0.15, 0.2) is 30.3 Å². The molecule has 2 rings (SSSR count). The number of aliphatic hydroxyl groups is 1. The summed E-state index contributed by atoms with van der Waals surface area (Å²) in [5.41, 5.74) is 0.847. The number of benzene rings is 1. The summed E-state index contributed by atoms with van der Waals surface area (Å²) in [6.45, 7) is -1.52. The van der Waals surface area contributed by atoms with E-state index in [-0.39, 0.29) is 19.4 Å². The second kappa shape index (κ2) is 5.72. The molecule has 1 aliphatic heterocycles. The Bertz CT molecular complexity index is 417. The molecule has 1 saturated heterocycles. The van der Waals surface area contributed by atoms with Crippen LogP contribution in [0.5, 0.6) is 0 Å². The highest BCUT2D eigenvalue weighted by molar-refractivity contribution is 6.00. The van der Waals surface area contributed by atoms with Gasteiger partial charge in [-0.05, 0) is 5.56 Å². The van der Waals surface area contributed by atoms with Crippen molar-refractivity contribution < 1.29 is 24.3 Å². The van der Waals surface area contributed by atoms with Crippen LogP contribution >= 0.6 is 0 Å². The molecule has 18 heavy (non-hydrogen) atoms. The van der Waals surface area contributed by atoms with Gasteiger partial charge in [0.2, 0.25) is 0 Å². The molecule has 2 amide bonds. The van der Waals surface area contributed by atoms with Gasteiger partial charge in [0.1, 0.15) is 0 Å². The highest BCUT2D eigenvalue weighted by atomic mass is 16.9. The van der Waals surface area contributed by atoms with Gasteiger partial charge in [0.15, 0.2) is 0 Å². The van der Waals surface area contributed by atoms with Crippen LogP contribution in [0.25, 0.3) is 0 Å². The van der Waals surface area contributed by atoms with Crippen LogP contribution in [0, 0.1) is 0 Å². The number of carbonyl (C=O) groups excluding carboxylic acids is 2. The standard InChI is InChI=1S/C12H13NO5/c14-10-6-7-11(15)13(10)18-12(16)17-8-9-4-2-1-3-5-9/h1-5,12,16H,6-8H2. The van der Waals surface area contributed by atoms with E-state index in [1.165, 1.54) is 0 Å². The average molecular weight is 251 g/mol. The van der Waals surface area contributed by atoms with E-state index in [1.54, 1.807) is 0 Å². The summed E-state index contributed by atoms with van der Waals surface area (Å²) in [4.78, 5) is 27.1. The summed E-state index contributed by atoms with van der Waals surface area (Å²) < 4.78 is 4.97. The third-order valence-electron chi connectivity index (χ3n) is 2.44. The minimum absolute atomic E-state index is 0.101. The Morgan fingerprint density at radius 1 is 1.17 bits per heavy atom. The van der Waals surface area contributed by atoms with Crippen molar-refractivity contribution in [2.45, 2.75) is 25.9 Å². The van der Waals surface area contributed by atoms with Gasteiger partial charge < -0.3 is 9.84 Å². The number of hydrogen-bond donors (Lipinski definition) is 1. The summed E-state index contributed by atoms with van der Waals surface area (Å²) in [6, 6.07) is 9.16. The SMILES string of the molecule is O=C1CCC(=O)N1OC(O)OCc1ccccc1. The maximum Gasteiger partial charge on any atom is 0.292 e. The van der Waals surface area contributed by atoms with E-state index >= 15 is 0 Å². The molecule has 0 bridgehead atoms. The van der Waals surface area contributed by atoms with Crippen LogP contribution in [0.4, 0.5) is 0 Å². The van der Waals surface area contributed by atoms with Crippen molar-refractivity contribution in [1.29, 1.82) is 0 Å². The number of carbonyl (C=O) groups is 2. The van der Waals surface area contributed by atoms with Crippen molar-refractivity contribution in [3.63, 3.8) is 0 Å². The average Bonchev–Trinajstić information content (AvgIpc) is 2.69. The van der Waals surface area contributed by atoms with Crippen molar-refractivity contribution in [3.05, 3.63) is 35.9 Å². The number of amides is 2. The molecule has 1 aromatic carbocycles. The molecule has 0 aromatic heterocycles. The summed E-state index contributed by atoms with van der Waals surface area (Å²) >= 11 is 0. The third kappa shape index (κ3) is 3.13. The first-order valence-corrected chi connectivity index (χ1v) is 5.53. The summed E-state index contributed by atoms with van der Waals surface area (Å²) in [6.07, 6.45) is 0.203. The molecule has 1 atom stereocenters. The molecule has 6 heteroatoms. The fourth-order valence-electron chi connectivity index (χ4n) is 1.54. The molecular formula is C12H13NO5. The second-order valence-electron chi connectivity index (χ2n) is 3.79. The predicted molar refractivity (Wildman–Crippen MR) is 59.4 cm³/mol. The molecule has 6 nitrogen and oxygen atoms in total. The Hall–Kier alpha value is -1.76. The molecular weight excluding hydrogens is 238 g/mol. The molecule has 1 unspecified atom stereocenters. The van der Waals surface area contributed by atoms with Crippen LogP contribution in [0.3, 0.4) is 0 Å². The number of imide groups is 1. The van der Waals surface area contributed by atoms with E-state index in [9.17, 15) is 14.7 Å². The largest absolute Gasteiger partial charge is 0.344 e. The van der Waals surface area contributed by atoms with Gasteiger partial charge in [-0.2, -0.15) is 0 Å². The maximum absolute atomic E-state index is 11.2. The fourth-order valence-corrected chi connectivity index (χ4v) is 1.54. The van der Waals surface area contributed by atoms with Gasteiger partial charge in [0.25, 0.3) is 18.3 Å². The Labute approximate surface area is 104 Å². The zero-order valence-electron chi connectivity index (χ0n) is 9.61. The van der Waals surface area contributed by atoms with Crippen LogP contribution in [0.1, 0.15) is 18.4 Å².